The molecule has 2 atom stereocenters. The molecule has 0 aliphatic rings. The summed E-state index contributed by atoms with van der Waals surface area (Å²) >= 11 is 0. The molecule has 0 fully saturated rings. The first-order chi connectivity index (χ1) is 10.1. The Morgan fingerprint density at radius 2 is 2.10 bits per heavy atom. The fourth-order valence-electron chi connectivity index (χ4n) is 2.37. The molecule has 114 valence electrons. The fourth-order valence-corrected chi connectivity index (χ4v) is 2.37. The molecule has 0 aliphatic heterocycles. The van der Waals surface area contributed by atoms with Gasteiger partial charge < -0.3 is 10.5 Å². The first-order valence-electron chi connectivity index (χ1n) is 7.28. The van der Waals surface area contributed by atoms with Crippen molar-refractivity contribution in [2.24, 2.45) is 5.92 Å². The average Bonchev–Trinajstić information content (AvgIpc) is 2.97. The van der Waals surface area contributed by atoms with Crippen LogP contribution in [0.25, 0.3) is 11.4 Å². The second kappa shape index (κ2) is 6.56. The largest absolute Gasteiger partial charge is 0.497 e. The van der Waals surface area contributed by atoms with Crippen molar-refractivity contribution >= 4 is 5.69 Å². The van der Waals surface area contributed by atoms with Crippen LogP contribution in [-0.4, -0.2) is 27.3 Å². The van der Waals surface area contributed by atoms with Crippen LogP contribution in [0.3, 0.4) is 0 Å². The molecule has 6 nitrogen and oxygen atoms in total. The number of anilines is 1. The summed E-state index contributed by atoms with van der Waals surface area (Å²) < 4.78 is 7.10. The van der Waals surface area contributed by atoms with E-state index >= 15 is 0 Å². The third-order valence-corrected chi connectivity index (χ3v) is 3.85. The number of rotatable bonds is 6. The van der Waals surface area contributed by atoms with Gasteiger partial charge in [-0.05, 0) is 47.9 Å². The molecular formula is C15H23N5O. The minimum atomic E-state index is 0.218. The number of ether oxygens (including phenoxy) is 1. The van der Waals surface area contributed by atoms with Crippen molar-refractivity contribution in [2.45, 2.75) is 39.7 Å². The Hall–Kier alpha value is -2.11. The standard InChI is InChI=1S/C15H23N5O/c1-5-10(2)8-11(3)20-15(17-18-19-20)13-9-12(21-4)6-7-14(13)16/h6-7,9-11H,5,8,16H2,1-4H3. The highest BCUT2D eigenvalue weighted by Gasteiger charge is 2.18. The van der Waals surface area contributed by atoms with Crippen molar-refractivity contribution in [1.82, 2.24) is 20.2 Å². The van der Waals surface area contributed by atoms with Gasteiger partial charge in [0.25, 0.3) is 0 Å². The van der Waals surface area contributed by atoms with Crippen LogP contribution in [0.2, 0.25) is 0 Å². The number of aromatic nitrogens is 4. The predicted octanol–water partition coefficient (Wildman–Crippen LogP) is 2.93. The number of nitrogens with two attached hydrogens (primary N) is 1. The van der Waals surface area contributed by atoms with Crippen LogP contribution in [0.1, 0.15) is 39.7 Å². The Balaban J connectivity index is 2.36. The molecule has 6 heteroatoms. The topological polar surface area (TPSA) is 78.8 Å². The number of nitrogen functional groups attached to an aromatic ring is 1. The number of hydrogen-bond donors (Lipinski definition) is 1. The van der Waals surface area contributed by atoms with Gasteiger partial charge in [0.05, 0.1) is 13.2 Å². The summed E-state index contributed by atoms with van der Waals surface area (Å²) in [6.45, 7) is 6.56. The molecule has 0 radical (unpaired) electrons. The Bertz CT molecular complexity index is 595. The average molecular weight is 289 g/mol. The first-order valence-corrected chi connectivity index (χ1v) is 7.28. The second-order valence-corrected chi connectivity index (χ2v) is 5.50. The summed E-state index contributed by atoms with van der Waals surface area (Å²) in [6.07, 6.45) is 2.17. The number of tetrazole rings is 1. The van der Waals surface area contributed by atoms with Crippen LogP contribution < -0.4 is 10.5 Å². The van der Waals surface area contributed by atoms with Crippen LogP contribution in [0.15, 0.2) is 18.2 Å². The van der Waals surface area contributed by atoms with Gasteiger partial charge in [-0.2, -0.15) is 0 Å². The smallest absolute Gasteiger partial charge is 0.184 e. The molecule has 0 bridgehead atoms. The van der Waals surface area contributed by atoms with Crippen molar-refractivity contribution in [3.63, 3.8) is 0 Å². The molecule has 1 aromatic heterocycles. The van der Waals surface area contributed by atoms with E-state index in [2.05, 4.69) is 36.3 Å². The van der Waals surface area contributed by atoms with Crippen molar-refractivity contribution in [3.05, 3.63) is 18.2 Å². The molecule has 21 heavy (non-hydrogen) atoms. The summed E-state index contributed by atoms with van der Waals surface area (Å²) in [5, 5.41) is 12.1. The lowest BCUT2D eigenvalue weighted by Gasteiger charge is -2.17. The molecule has 1 heterocycles. The molecule has 2 N–H and O–H groups in total. The molecule has 2 rings (SSSR count). The summed E-state index contributed by atoms with van der Waals surface area (Å²) in [7, 11) is 1.63. The SMILES string of the molecule is CCC(C)CC(C)n1nnnc1-c1cc(OC)ccc1N. The zero-order valence-electron chi connectivity index (χ0n) is 13.1. The highest BCUT2D eigenvalue weighted by atomic mass is 16.5. The van der Waals surface area contributed by atoms with Gasteiger partial charge in [-0.1, -0.05) is 20.3 Å². The molecule has 0 spiro atoms. The van der Waals surface area contributed by atoms with E-state index in [9.17, 15) is 0 Å². The van der Waals surface area contributed by atoms with E-state index in [0.717, 1.165) is 24.2 Å². The lowest BCUT2D eigenvalue weighted by molar-refractivity contribution is 0.371. The maximum Gasteiger partial charge on any atom is 0.184 e. The van der Waals surface area contributed by atoms with E-state index in [1.165, 1.54) is 0 Å². The van der Waals surface area contributed by atoms with Crippen molar-refractivity contribution in [1.29, 1.82) is 0 Å². The summed E-state index contributed by atoms with van der Waals surface area (Å²) in [5.41, 5.74) is 7.51. The predicted molar refractivity (Wildman–Crippen MR) is 83.0 cm³/mol. The van der Waals surface area contributed by atoms with Gasteiger partial charge >= 0.3 is 0 Å². The van der Waals surface area contributed by atoms with Crippen molar-refractivity contribution in [2.75, 3.05) is 12.8 Å². The minimum Gasteiger partial charge on any atom is -0.497 e. The molecule has 0 saturated heterocycles. The Kier molecular flexibility index (Phi) is 4.77. The van der Waals surface area contributed by atoms with E-state index in [1.54, 1.807) is 7.11 Å². The van der Waals surface area contributed by atoms with Gasteiger partial charge in [-0.25, -0.2) is 4.68 Å². The van der Waals surface area contributed by atoms with Crippen LogP contribution in [-0.2, 0) is 0 Å². The fraction of sp³-hybridized carbons (Fsp3) is 0.533. The van der Waals surface area contributed by atoms with E-state index in [4.69, 9.17) is 10.5 Å². The van der Waals surface area contributed by atoms with Gasteiger partial charge in [-0.3, -0.25) is 0 Å². The molecule has 0 saturated carbocycles. The van der Waals surface area contributed by atoms with Gasteiger partial charge in [0, 0.05) is 11.3 Å². The zero-order chi connectivity index (χ0) is 15.4. The van der Waals surface area contributed by atoms with Crippen molar-refractivity contribution < 1.29 is 4.74 Å². The molecular weight excluding hydrogens is 266 g/mol. The minimum absolute atomic E-state index is 0.218. The molecule has 1 aromatic carbocycles. The molecule has 0 amide bonds. The van der Waals surface area contributed by atoms with Crippen LogP contribution in [0.4, 0.5) is 5.69 Å². The lowest BCUT2D eigenvalue weighted by atomic mass is 10.0. The van der Waals surface area contributed by atoms with Gasteiger partial charge in [0.2, 0.25) is 0 Å². The Morgan fingerprint density at radius 3 is 2.76 bits per heavy atom. The van der Waals surface area contributed by atoms with Gasteiger partial charge in [0.1, 0.15) is 5.75 Å². The van der Waals surface area contributed by atoms with E-state index in [1.807, 2.05) is 22.9 Å². The lowest BCUT2D eigenvalue weighted by Crippen LogP contribution is -2.13. The number of benzene rings is 1. The Labute approximate surface area is 125 Å². The van der Waals surface area contributed by atoms with E-state index in [-0.39, 0.29) is 6.04 Å². The van der Waals surface area contributed by atoms with Crippen LogP contribution >= 0.6 is 0 Å². The molecule has 2 aromatic rings. The summed E-state index contributed by atoms with van der Waals surface area (Å²) in [4.78, 5) is 0. The van der Waals surface area contributed by atoms with Gasteiger partial charge in [0.15, 0.2) is 5.82 Å². The maximum absolute atomic E-state index is 6.07. The van der Waals surface area contributed by atoms with Crippen molar-refractivity contribution in [3.8, 4) is 17.1 Å². The molecule has 0 aliphatic carbocycles. The second-order valence-electron chi connectivity index (χ2n) is 5.50. The van der Waals surface area contributed by atoms with Crippen LogP contribution in [0.5, 0.6) is 5.75 Å². The highest BCUT2D eigenvalue weighted by Crippen LogP contribution is 2.30. The Morgan fingerprint density at radius 1 is 1.33 bits per heavy atom. The summed E-state index contributed by atoms with van der Waals surface area (Å²) in [5.74, 6) is 2.05. The van der Waals surface area contributed by atoms with E-state index < -0.39 is 0 Å². The third kappa shape index (κ3) is 3.32. The number of nitrogens with zero attached hydrogens (tertiary/aromatic N) is 4. The zero-order valence-corrected chi connectivity index (χ0v) is 13.1. The monoisotopic (exact) mass is 289 g/mol. The van der Waals surface area contributed by atoms with E-state index in [0.29, 0.717) is 17.4 Å². The van der Waals surface area contributed by atoms with Crippen LogP contribution in [0, 0.1) is 5.92 Å². The van der Waals surface area contributed by atoms with Gasteiger partial charge in [-0.15, -0.1) is 5.10 Å². The molecule has 2 unspecified atom stereocenters. The normalized spacial score (nSPS) is 13.9. The summed E-state index contributed by atoms with van der Waals surface area (Å²) in [6, 6.07) is 5.73. The highest BCUT2D eigenvalue weighted by molar-refractivity contribution is 5.73. The maximum atomic E-state index is 6.07. The number of methoxy groups -OCH3 is 1. The third-order valence-electron chi connectivity index (χ3n) is 3.85. The number of hydrogen-bond acceptors (Lipinski definition) is 5. The first kappa shape index (κ1) is 15.3. The quantitative estimate of drug-likeness (QED) is 0.827.